The highest BCUT2D eigenvalue weighted by Crippen LogP contribution is 2.38. The van der Waals surface area contributed by atoms with Crippen LogP contribution in [0.25, 0.3) is 6.08 Å². The number of nitrogens with zero attached hydrogens (tertiary/aromatic N) is 1. The monoisotopic (exact) mass is 427 g/mol. The fourth-order valence-corrected chi connectivity index (χ4v) is 3.86. The van der Waals surface area contributed by atoms with Gasteiger partial charge in [0, 0.05) is 0 Å². The smallest absolute Gasteiger partial charge is 0.341 e. The van der Waals surface area contributed by atoms with Crippen molar-refractivity contribution in [1.82, 2.24) is 0 Å². The number of hydrogen-bond donors (Lipinski definition) is 1. The molecule has 0 saturated carbocycles. The van der Waals surface area contributed by atoms with E-state index in [2.05, 4.69) is 0 Å². The van der Waals surface area contributed by atoms with Crippen LogP contribution in [0.5, 0.6) is 11.5 Å². The van der Waals surface area contributed by atoms with Crippen LogP contribution in [-0.2, 0) is 9.59 Å². The first kappa shape index (κ1) is 21.4. The second kappa shape index (κ2) is 9.04. The molecule has 0 aromatic heterocycles. The Bertz CT molecular complexity index is 1050. The van der Waals surface area contributed by atoms with Gasteiger partial charge in [0.15, 0.2) is 18.1 Å². The largest absolute Gasteiger partial charge is 0.490 e. The summed E-state index contributed by atoms with van der Waals surface area (Å²) in [6, 6.07) is 10.4. The highest BCUT2D eigenvalue weighted by molar-refractivity contribution is 8.19. The van der Waals surface area contributed by atoms with Gasteiger partial charge in [0.1, 0.15) is 0 Å². The number of aliphatic carboxylic acids is 1. The van der Waals surface area contributed by atoms with Gasteiger partial charge in [-0.1, -0.05) is 23.8 Å². The van der Waals surface area contributed by atoms with Crippen molar-refractivity contribution >= 4 is 40.6 Å². The molecule has 7 nitrogen and oxygen atoms in total. The molecule has 2 amide bonds. The highest BCUT2D eigenvalue weighted by atomic mass is 32.2. The lowest BCUT2D eigenvalue weighted by Crippen LogP contribution is -2.28. The molecule has 1 fully saturated rings. The number of carbonyl (C=O) groups excluding carboxylic acids is 2. The fraction of sp³-hybridized carbons (Fsp3) is 0.227. The maximum Gasteiger partial charge on any atom is 0.341 e. The minimum atomic E-state index is -1.10. The molecular weight excluding hydrogens is 406 g/mol. The Morgan fingerprint density at radius 2 is 1.87 bits per heavy atom. The SMILES string of the molecule is CCOc1cc(/C=C2/SC(=O)N(c3ccc(C)cc3C)C2=O)ccc1OCC(=O)O. The first-order valence-electron chi connectivity index (χ1n) is 9.26. The van der Waals surface area contributed by atoms with Crippen LogP contribution in [0.4, 0.5) is 10.5 Å². The van der Waals surface area contributed by atoms with E-state index in [4.69, 9.17) is 14.6 Å². The molecule has 3 rings (SSSR count). The van der Waals surface area contributed by atoms with E-state index in [1.165, 1.54) is 4.90 Å². The Balaban J connectivity index is 1.89. The first-order chi connectivity index (χ1) is 14.3. The van der Waals surface area contributed by atoms with Gasteiger partial charge in [0.05, 0.1) is 17.2 Å². The number of aryl methyl sites for hydroxylation is 2. The summed E-state index contributed by atoms with van der Waals surface area (Å²) in [5, 5.41) is 8.44. The Morgan fingerprint density at radius 1 is 1.10 bits per heavy atom. The van der Waals surface area contributed by atoms with Crippen molar-refractivity contribution in [3.8, 4) is 11.5 Å². The van der Waals surface area contributed by atoms with E-state index >= 15 is 0 Å². The van der Waals surface area contributed by atoms with Crippen molar-refractivity contribution < 1.29 is 29.0 Å². The molecule has 0 atom stereocenters. The predicted octanol–water partition coefficient (Wildman–Crippen LogP) is 4.41. The molecule has 1 heterocycles. The Hall–Kier alpha value is -3.26. The number of imide groups is 1. The number of carboxylic acid groups (broad SMARTS) is 1. The number of carboxylic acids is 1. The van der Waals surface area contributed by atoms with E-state index in [0.29, 0.717) is 34.3 Å². The van der Waals surface area contributed by atoms with E-state index in [1.54, 1.807) is 37.3 Å². The molecule has 0 unspecified atom stereocenters. The number of ether oxygens (including phenoxy) is 2. The zero-order chi connectivity index (χ0) is 21.8. The van der Waals surface area contributed by atoms with Gasteiger partial charge in [-0.15, -0.1) is 0 Å². The van der Waals surface area contributed by atoms with E-state index < -0.39 is 12.6 Å². The molecule has 1 N–H and O–H groups in total. The van der Waals surface area contributed by atoms with Crippen LogP contribution in [0, 0.1) is 13.8 Å². The number of benzene rings is 2. The molecule has 1 saturated heterocycles. The van der Waals surface area contributed by atoms with Gasteiger partial charge < -0.3 is 14.6 Å². The van der Waals surface area contributed by atoms with Crippen LogP contribution in [0.2, 0.25) is 0 Å². The minimum absolute atomic E-state index is 0.291. The molecule has 0 radical (unpaired) electrons. The maximum absolute atomic E-state index is 12.9. The molecule has 156 valence electrons. The Morgan fingerprint density at radius 3 is 2.53 bits per heavy atom. The summed E-state index contributed by atoms with van der Waals surface area (Å²) in [4.78, 5) is 37.6. The van der Waals surface area contributed by atoms with Gasteiger partial charge in [-0.05, 0) is 67.9 Å². The van der Waals surface area contributed by atoms with Gasteiger partial charge in [-0.2, -0.15) is 0 Å². The number of anilines is 1. The van der Waals surface area contributed by atoms with Gasteiger partial charge in [0.2, 0.25) is 0 Å². The third kappa shape index (κ3) is 4.65. The zero-order valence-corrected chi connectivity index (χ0v) is 17.6. The van der Waals surface area contributed by atoms with Crippen LogP contribution in [-0.4, -0.2) is 35.4 Å². The standard InChI is InChI=1S/C22H21NO6S/c1-4-28-18-10-15(6-8-17(18)29-12-20(24)25)11-19-21(26)23(22(27)30-19)16-7-5-13(2)9-14(16)3/h5-11H,4,12H2,1-3H3,(H,24,25)/b19-11+. The summed E-state index contributed by atoms with van der Waals surface area (Å²) in [6.45, 7) is 5.47. The quantitative estimate of drug-likeness (QED) is 0.654. The average molecular weight is 427 g/mol. The second-order valence-electron chi connectivity index (χ2n) is 6.63. The number of hydrogen-bond acceptors (Lipinski definition) is 6. The Labute approximate surface area is 178 Å². The van der Waals surface area contributed by atoms with E-state index in [-0.39, 0.29) is 11.1 Å². The molecule has 30 heavy (non-hydrogen) atoms. The fourth-order valence-electron chi connectivity index (χ4n) is 3.02. The zero-order valence-electron chi connectivity index (χ0n) is 16.8. The predicted molar refractivity (Wildman–Crippen MR) is 115 cm³/mol. The maximum atomic E-state index is 12.9. The first-order valence-corrected chi connectivity index (χ1v) is 10.1. The molecule has 1 aliphatic heterocycles. The summed E-state index contributed by atoms with van der Waals surface area (Å²) in [6.07, 6.45) is 1.61. The average Bonchev–Trinajstić information content (AvgIpc) is 2.95. The number of rotatable bonds is 7. The molecule has 0 spiro atoms. The van der Waals surface area contributed by atoms with Crippen LogP contribution < -0.4 is 14.4 Å². The van der Waals surface area contributed by atoms with Gasteiger partial charge >= 0.3 is 5.97 Å². The third-order valence-electron chi connectivity index (χ3n) is 4.30. The third-order valence-corrected chi connectivity index (χ3v) is 5.17. The Kier molecular flexibility index (Phi) is 6.47. The summed E-state index contributed by atoms with van der Waals surface area (Å²) in [7, 11) is 0. The van der Waals surface area contributed by atoms with Crippen molar-refractivity contribution in [2.24, 2.45) is 0 Å². The lowest BCUT2D eigenvalue weighted by molar-refractivity contribution is -0.139. The minimum Gasteiger partial charge on any atom is -0.490 e. The van der Waals surface area contributed by atoms with Crippen LogP contribution >= 0.6 is 11.8 Å². The van der Waals surface area contributed by atoms with E-state index in [1.807, 2.05) is 26.0 Å². The van der Waals surface area contributed by atoms with Crippen molar-refractivity contribution in [2.75, 3.05) is 18.1 Å². The van der Waals surface area contributed by atoms with Crippen molar-refractivity contribution in [3.05, 3.63) is 58.0 Å². The summed E-state index contributed by atoms with van der Waals surface area (Å²) in [5.41, 5.74) is 3.09. The normalized spacial score (nSPS) is 15.0. The van der Waals surface area contributed by atoms with Crippen molar-refractivity contribution in [2.45, 2.75) is 20.8 Å². The van der Waals surface area contributed by atoms with Gasteiger partial charge in [-0.3, -0.25) is 9.59 Å². The number of carbonyl (C=O) groups is 3. The second-order valence-corrected chi connectivity index (χ2v) is 7.62. The molecule has 2 aromatic rings. The summed E-state index contributed by atoms with van der Waals surface area (Å²) in [5.74, 6) is -0.830. The number of thioether (sulfide) groups is 1. The molecule has 1 aliphatic rings. The molecular formula is C22H21NO6S. The lowest BCUT2D eigenvalue weighted by atomic mass is 10.1. The lowest BCUT2D eigenvalue weighted by Gasteiger charge is -2.15. The van der Waals surface area contributed by atoms with Crippen molar-refractivity contribution in [1.29, 1.82) is 0 Å². The highest BCUT2D eigenvalue weighted by Gasteiger charge is 2.37. The topological polar surface area (TPSA) is 93.1 Å². The van der Waals surface area contributed by atoms with Gasteiger partial charge in [-0.25, -0.2) is 9.69 Å². The molecule has 0 bridgehead atoms. The molecule has 8 heteroatoms. The van der Waals surface area contributed by atoms with Gasteiger partial charge in [0.25, 0.3) is 11.1 Å². The van der Waals surface area contributed by atoms with Crippen LogP contribution in [0.1, 0.15) is 23.6 Å². The summed E-state index contributed by atoms with van der Waals surface area (Å²) >= 11 is 0.871. The van der Waals surface area contributed by atoms with Crippen LogP contribution in [0.15, 0.2) is 41.3 Å². The van der Waals surface area contributed by atoms with Crippen molar-refractivity contribution in [3.63, 3.8) is 0 Å². The number of amides is 2. The molecule has 2 aromatic carbocycles. The van der Waals surface area contributed by atoms with E-state index in [9.17, 15) is 14.4 Å². The van der Waals surface area contributed by atoms with E-state index in [0.717, 1.165) is 22.9 Å². The summed E-state index contributed by atoms with van der Waals surface area (Å²) < 4.78 is 10.8. The molecule has 0 aliphatic carbocycles. The van der Waals surface area contributed by atoms with Crippen LogP contribution in [0.3, 0.4) is 0 Å².